The summed E-state index contributed by atoms with van der Waals surface area (Å²) in [4.78, 5) is 9.45. The fraction of sp³-hybridized carbons (Fsp3) is 0.143. The first-order chi connectivity index (χ1) is 6.03. The molecule has 0 saturated carbocycles. The molecule has 1 aromatic carbocycles. The van der Waals surface area contributed by atoms with E-state index in [1.54, 1.807) is 18.4 Å². The van der Waals surface area contributed by atoms with Crippen LogP contribution in [-0.2, 0) is 11.8 Å². The van der Waals surface area contributed by atoms with Gasteiger partial charge in [-0.3, -0.25) is 0 Å². The molecule has 1 atom stereocenters. The average Bonchev–Trinajstić information content (AvgIpc) is 2.09. The van der Waals surface area contributed by atoms with Crippen LogP contribution in [0.5, 0.6) is 11.5 Å². The van der Waals surface area contributed by atoms with Crippen LogP contribution in [0.15, 0.2) is 24.3 Å². The third kappa shape index (κ3) is 3.56. The van der Waals surface area contributed by atoms with E-state index in [0.29, 0.717) is 5.75 Å². The molecule has 0 radical (unpaired) electrons. The first-order valence-corrected chi connectivity index (χ1v) is 7.91. The van der Waals surface area contributed by atoms with Crippen LogP contribution < -0.4 is 4.52 Å². The van der Waals surface area contributed by atoms with Crippen molar-refractivity contribution in [2.75, 3.05) is 6.26 Å². The molecule has 1 aromatic rings. The second-order valence-electron chi connectivity index (χ2n) is 2.24. The van der Waals surface area contributed by atoms with Crippen molar-refractivity contribution in [2.24, 2.45) is 0 Å². The lowest BCUT2D eigenvalue weighted by Crippen LogP contribution is -1.86. The third-order valence-electron chi connectivity index (χ3n) is 1.29. The van der Waals surface area contributed by atoms with Gasteiger partial charge in [0, 0.05) is 0 Å². The highest BCUT2D eigenvalue weighted by Crippen LogP contribution is 2.53. The van der Waals surface area contributed by atoms with Gasteiger partial charge >= 0.3 is 0 Å². The van der Waals surface area contributed by atoms with E-state index < -0.39 is 5.69 Å². The molecule has 0 heterocycles. The number of aromatic hydroxyl groups is 1. The predicted molar refractivity (Wildman–Crippen MR) is 58.8 cm³/mol. The smallest absolute Gasteiger partial charge is 0.294 e. The topological polar surface area (TPSA) is 49.7 Å². The summed E-state index contributed by atoms with van der Waals surface area (Å²) in [6.07, 6.45) is 1.70. The zero-order valence-corrected chi connectivity index (χ0v) is 9.40. The first-order valence-electron chi connectivity index (χ1n) is 3.41. The van der Waals surface area contributed by atoms with Crippen LogP contribution in [0.4, 0.5) is 0 Å². The highest BCUT2D eigenvalue weighted by atomic mass is 32.9. The average molecular weight is 236 g/mol. The molecular formula is C7H9O3PS2. The molecule has 0 aliphatic heterocycles. The third-order valence-corrected chi connectivity index (χ3v) is 5.36. The van der Waals surface area contributed by atoms with Crippen molar-refractivity contribution >= 4 is 28.9 Å². The Balaban J connectivity index is 2.75. The second-order valence-corrected chi connectivity index (χ2v) is 8.48. The van der Waals surface area contributed by atoms with Gasteiger partial charge in [0.15, 0.2) is 0 Å². The van der Waals surface area contributed by atoms with Crippen LogP contribution in [0.1, 0.15) is 0 Å². The van der Waals surface area contributed by atoms with Crippen LogP contribution >= 0.6 is 17.1 Å². The van der Waals surface area contributed by atoms with Crippen molar-refractivity contribution < 1.29 is 14.5 Å². The Morgan fingerprint density at radius 1 is 1.38 bits per heavy atom. The number of rotatable bonds is 3. The predicted octanol–water partition coefficient (Wildman–Crippen LogP) is 2.35. The van der Waals surface area contributed by atoms with Gasteiger partial charge in [-0.1, -0.05) is 11.4 Å². The van der Waals surface area contributed by atoms with E-state index in [0.717, 1.165) is 11.4 Å². The van der Waals surface area contributed by atoms with E-state index in [9.17, 15) is 4.89 Å². The van der Waals surface area contributed by atoms with Crippen molar-refractivity contribution in [1.29, 1.82) is 0 Å². The lowest BCUT2D eigenvalue weighted by molar-refractivity contribution is 0.471. The zero-order chi connectivity index (χ0) is 9.90. The molecule has 0 bridgehead atoms. The maximum Gasteiger partial charge on any atom is 0.294 e. The highest BCUT2D eigenvalue weighted by molar-refractivity contribution is 8.67. The van der Waals surface area contributed by atoms with Crippen molar-refractivity contribution in [3.05, 3.63) is 24.3 Å². The molecule has 6 heteroatoms. The number of phenols is 1. The fourth-order valence-electron chi connectivity index (χ4n) is 0.677. The summed E-state index contributed by atoms with van der Waals surface area (Å²) in [7, 11) is 0. The van der Waals surface area contributed by atoms with E-state index in [1.807, 2.05) is 0 Å². The van der Waals surface area contributed by atoms with Crippen LogP contribution in [-0.4, -0.2) is 16.3 Å². The number of hydrogen-bond donors (Lipinski definition) is 2. The summed E-state index contributed by atoms with van der Waals surface area (Å²) < 4.78 is 5.14. The normalized spacial score (nSPS) is 14.9. The Bertz CT molecular complexity index is 325. The Kier molecular flexibility index (Phi) is 3.62. The largest absolute Gasteiger partial charge is 0.508 e. The van der Waals surface area contributed by atoms with Crippen LogP contribution in [0, 0.1) is 0 Å². The van der Waals surface area contributed by atoms with Gasteiger partial charge in [0.05, 0.1) is 0 Å². The zero-order valence-electron chi connectivity index (χ0n) is 6.88. The summed E-state index contributed by atoms with van der Waals surface area (Å²) in [5.41, 5.74) is -2.74. The maximum atomic E-state index is 9.45. The summed E-state index contributed by atoms with van der Waals surface area (Å²) in [5, 5.41) is 8.97. The second kappa shape index (κ2) is 4.33. The van der Waals surface area contributed by atoms with Gasteiger partial charge in [-0.25, -0.2) is 0 Å². The maximum absolute atomic E-state index is 9.45. The number of hydrogen-bond acceptors (Lipinski definition) is 4. The van der Waals surface area contributed by atoms with Crippen molar-refractivity contribution in [2.45, 2.75) is 0 Å². The number of benzene rings is 1. The SMILES string of the molecule is CSP(O)(=S)Oc1ccc(O)cc1. The van der Waals surface area contributed by atoms with Gasteiger partial charge in [0.1, 0.15) is 11.5 Å². The van der Waals surface area contributed by atoms with E-state index in [-0.39, 0.29) is 5.75 Å². The minimum absolute atomic E-state index is 0.155. The first kappa shape index (κ1) is 10.9. The molecule has 0 amide bonds. The molecule has 3 nitrogen and oxygen atoms in total. The summed E-state index contributed by atoms with van der Waals surface area (Å²) in [5.74, 6) is 0.626. The summed E-state index contributed by atoms with van der Waals surface area (Å²) in [6.45, 7) is 0. The van der Waals surface area contributed by atoms with Gasteiger partial charge in [-0.15, -0.1) is 0 Å². The molecule has 0 aliphatic carbocycles. The number of phenolic OH excluding ortho intramolecular Hbond substituents is 1. The van der Waals surface area contributed by atoms with Crippen LogP contribution in [0.2, 0.25) is 0 Å². The summed E-state index contributed by atoms with van der Waals surface area (Å²) >= 11 is 5.93. The Labute approximate surface area is 85.7 Å². The Morgan fingerprint density at radius 3 is 2.38 bits per heavy atom. The molecule has 0 fully saturated rings. The molecule has 72 valence electrons. The van der Waals surface area contributed by atoms with Gasteiger partial charge in [-0.05, 0) is 42.3 Å². The van der Waals surface area contributed by atoms with Crippen molar-refractivity contribution in [3.8, 4) is 11.5 Å². The molecule has 0 spiro atoms. The molecule has 1 rings (SSSR count). The Hall–Kier alpha value is -0.220. The highest BCUT2D eigenvalue weighted by Gasteiger charge is 2.12. The van der Waals surface area contributed by atoms with Gasteiger partial charge in [-0.2, -0.15) is 0 Å². The van der Waals surface area contributed by atoms with Crippen molar-refractivity contribution in [1.82, 2.24) is 0 Å². The minimum Gasteiger partial charge on any atom is -0.508 e. The molecular weight excluding hydrogens is 227 g/mol. The molecule has 13 heavy (non-hydrogen) atoms. The lowest BCUT2D eigenvalue weighted by Gasteiger charge is -2.13. The van der Waals surface area contributed by atoms with Gasteiger partial charge < -0.3 is 14.5 Å². The fourth-order valence-corrected chi connectivity index (χ4v) is 1.88. The van der Waals surface area contributed by atoms with Crippen LogP contribution in [0.25, 0.3) is 0 Å². The van der Waals surface area contributed by atoms with E-state index >= 15 is 0 Å². The van der Waals surface area contributed by atoms with Crippen LogP contribution in [0.3, 0.4) is 0 Å². The molecule has 2 N–H and O–H groups in total. The standard InChI is InChI=1S/C7H9O3PS2/c1-13-11(9,12)10-7-4-2-6(8)3-5-7/h2-5,8H,1H3,(H,9,12). The molecule has 0 aromatic heterocycles. The van der Waals surface area contributed by atoms with E-state index in [1.165, 1.54) is 12.1 Å². The molecule has 0 aliphatic rings. The lowest BCUT2D eigenvalue weighted by atomic mass is 10.3. The Morgan fingerprint density at radius 2 is 1.92 bits per heavy atom. The molecule has 0 saturated heterocycles. The van der Waals surface area contributed by atoms with E-state index in [2.05, 4.69) is 0 Å². The monoisotopic (exact) mass is 236 g/mol. The van der Waals surface area contributed by atoms with Crippen molar-refractivity contribution in [3.63, 3.8) is 0 Å². The van der Waals surface area contributed by atoms with Gasteiger partial charge in [0.25, 0.3) is 5.69 Å². The quantitative estimate of drug-likeness (QED) is 0.789. The van der Waals surface area contributed by atoms with E-state index in [4.69, 9.17) is 21.4 Å². The van der Waals surface area contributed by atoms with Gasteiger partial charge in [0.2, 0.25) is 0 Å². The molecule has 1 unspecified atom stereocenters. The minimum atomic E-state index is -2.74. The summed E-state index contributed by atoms with van der Waals surface area (Å²) in [6, 6.07) is 6.07.